The summed E-state index contributed by atoms with van der Waals surface area (Å²) in [6.07, 6.45) is 0. The normalized spacial score (nSPS) is 12.1. The average molecular weight is 216 g/mol. The summed E-state index contributed by atoms with van der Waals surface area (Å²) in [5, 5.41) is 10.5. The molecular weight excluding hydrogens is 208 g/mol. The molecule has 0 aliphatic carbocycles. The molecule has 2 N–H and O–H groups in total. The van der Waals surface area contributed by atoms with E-state index < -0.39 is 16.2 Å². The quantitative estimate of drug-likeness (QED) is 0.454. The monoisotopic (exact) mass is 216 g/mol. The molecule has 1 unspecified atom stereocenters. The number of nitro groups is 1. The van der Waals surface area contributed by atoms with Crippen LogP contribution in [0.4, 0.5) is 11.4 Å². The first-order valence-corrected chi connectivity index (χ1v) is 4.74. The molecule has 0 saturated heterocycles. The van der Waals surface area contributed by atoms with Crippen molar-refractivity contribution in [2.24, 2.45) is 0 Å². The maximum Gasteiger partial charge on any atom is 0.274 e. The van der Waals surface area contributed by atoms with Gasteiger partial charge in [0.1, 0.15) is 0 Å². The molecule has 0 spiro atoms. The van der Waals surface area contributed by atoms with Crippen LogP contribution in [0.1, 0.15) is 5.56 Å². The maximum atomic E-state index is 10.5. The Labute approximate surface area is 82.5 Å². The minimum absolute atomic E-state index is 0.0829. The lowest BCUT2D eigenvalue weighted by atomic mass is 10.2. The van der Waals surface area contributed by atoms with Crippen molar-refractivity contribution in [2.45, 2.75) is 6.92 Å². The molecule has 0 saturated carbocycles. The fourth-order valence-corrected chi connectivity index (χ4v) is 1.30. The lowest BCUT2D eigenvalue weighted by Gasteiger charge is -2.02. The Bertz CT molecular complexity index is 393. The molecule has 1 atom stereocenters. The SMILES string of the molecule is Cc1ccc(NS(=O)O)cc1[N+](=O)[O-]. The van der Waals surface area contributed by atoms with Crippen molar-refractivity contribution in [1.29, 1.82) is 0 Å². The molecule has 1 rings (SSSR count). The van der Waals surface area contributed by atoms with Crippen molar-refractivity contribution in [3.05, 3.63) is 33.9 Å². The topological polar surface area (TPSA) is 92.5 Å². The van der Waals surface area contributed by atoms with Crippen LogP contribution in [0.5, 0.6) is 0 Å². The number of nitrogens with zero attached hydrogens (tertiary/aromatic N) is 1. The van der Waals surface area contributed by atoms with Crippen LogP contribution in [0.2, 0.25) is 0 Å². The largest absolute Gasteiger partial charge is 0.289 e. The van der Waals surface area contributed by atoms with Gasteiger partial charge in [0.05, 0.1) is 10.6 Å². The predicted molar refractivity (Wildman–Crippen MR) is 52.2 cm³/mol. The van der Waals surface area contributed by atoms with Gasteiger partial charge in [-0.2, -0.15) is 0 Å². The van der Waals surface area contributed by atoms with Crippen LogP contribution in [-0.4, -0.2) is 13.7 Å². The van der Waals surface area contributed by atoms with Crippen LogP contribution < -0.4 is 4.72 Å². The van der Waals surface area contributed by atoms with Gasteiger partial charge in [0.15, 0.2) is 0 Å². The van der Waals surface area contributed by atoms with Crippen LogP contribution in [0.25, 0.3) is 0 Å². The third-order valence-electron chi connectivity index (χ3n) is 1.61. The molecule has 0 aliphatic heterocycles. The van der Waals surface area contributed by atoms with Crippen LogP contribution in [0.3, 0.4) is 0 Å². The van der Waals surface area contributed by atoms with E-state index in [1.165, 1.54) is 18.2 Å². The van der Waals surface area contributed by atoms with Crippen LogP contribution in [0, 0.1) is 17.0 Å². The van der Waals surface area contributed by atoms with E-state index in [0.717, 1.165) is 0 Å². The first-order valence-electron chi connectivity index (χ1n) is 3.63. The molecule has 1 aromatic carbocycles. The summed E-state index contributed by atoms with van der Waals surface area (Å²) in [5.41, 5.74) is 0.660. The minimum atomic E-state index is -2.22. The van der Waals surface area contributed by atoms with Crippen molar-refractivity contribution in [3.8, 4) is 0 Å². The molecule has 0 aromatic heterocycles. The summed E-state index contributed by atoms with van der Waals surface area (Å²) < 4.78 is 21.0. The molecule has 0 heterocycles. The van der Waals surface area contributed by atoms with Gasteiger partial charge < -0.3 is 0 Å². The molecule has 1 aromatic rings. The van der Waals surface area contributed by atoms with E-state index in [1.54, 1.807) is 6.92 Å². The summed E-state index contributed by atoms with van der Waals surface area (Å²) in [6, 6.07) is 4.22. The predicted octanol–water partition coefficient (Wildman–Crippen LogP) is 1.45. The van der Waals surface area contributed by atoms with E-state index >= 15 is 0 Å². The van der Waals surface area contributed by atoms with Crippen molar-refractivity contribution in [1.82, 2.24) is 0 Å². The first-order chi connectivity index (χ1) is 6.50. The summed E-state index contributed by atoms with van der Waals surface area (Å²) in [5.74, 6) is 0. The fourth-order valence-electron chi connectivity index (χ4n) is 0.970. The van der Waals surface area contributed by atoms with Crippen LogP contribution in [0.15, 0.2) is 18.2 Å². The lowest BCUT2D eigenvalue weighted by molar-refractivity contribution is -0.385. The Balaban J connectivity index is 3.06. The third-order valence-corrected chi connectivity index (χ3v) is 2.02. The summed E-state index contributed by atoms with van der Waals surface area (Å²) >= 11 is -2.22. The Hall–Kier alpha value is -1.47. The number of anilines is 1. The van der Waals surface area contributed by atoms with Crippen molar-refractivity contribution in [2.75, 3.05) is 4.72 Å². The molecular formula is C7H8N2O4S. The van der Waals surface area contributed by atoms with Gasteiger partial charge in [-0.15, -0.1) is 0 Å². The summed E-state index contributed by atoms with van der Waals surface area (Å²) in [6.45, 7) is 1.60. The molecule has 0 bridgehead atoms. The van der Waals surface area contributed by atoms with Crippen LogP contribution >= 0.6 is 0 Å². The number of benzene rings is 1. The van der Waals surface area contributed by atoms with E-state index in [0.29, 0.717) is 5.56 Å². The highest BCUT2D eigenvalue weighted by atomic mass is 32.2. The number of hydrogen-bond donors (Lipinski definition) is 2. The van der Waals surface area contributed by atoms with Gasteiger partial charge in [0.25, 0.3) is 17.0 Å². The molecule has 0 radical (unpaired) electrons. The third kappa shape index (κ3) is 2.51. The zero-order valence-electron chi connectivity index (χ0n) is 7.26. The molecule has 0 aliphatic rings. The van der Waals surface area contributed by atoms with E-state index in [4.69, 9.17) is 4.55 Å². The van der Waals surface area contributed by atoms with E-state index in [-0.39, 0.29) is 11.4 Å². The van der Waals surface area contributed by atoms with Crippen molar-refractivity contribution in [3.63, 3.8) is 0 Å². The lowest BCUT2D eigenvalue weighted by Crippen LogP contribution is -2.02. The highest BCUT2D eigenvalue weighted by molar-refractivity contribution is 7.80. The Kier molecular flexibility index (Phi) is 3.15. The second-order valence-electron chi connectivity index (χ2n) is 2.61. The zero-order valence-corrected chi connectivity index (χ0v) is 8.08. The van der Waals surface area contributed by atoms with Gasteiger partial charge in [0, 0.05) is 11.6 Å². The van der Waals surface area contributed by atoms with Gasteiger partial charge >= 0.3 is 0 Å². The van der Waals surface area contributed by atoms with Crippen molar-refractivity contribution < 1.29 is 13.7 Å². The molecule has 76 valence electrons. The molecule has 14 heavy (non-hydrogen) atoms. The smallest absolute Gasteiger partial charge is 0.274 e. The molecule has 0 fully saturated rings. The summed E-state index contributed by atoms with van der Waals surface area (Å²) in [7, 11) is 0. The zero-order chi connectivity index (χ0) is 10.7. The average Bonchev–Trinajstić information content (AvgIpc) is 2.07. The van der Waals surface area contributed by atoms with Gasteiger partial charge in [-0.1, -0.05) is 6.07 Å². The van der Waals surface area contributed by atoms with Gasteiger partial charge in [-0.25, -0.2) is 4.21 Å². The highest BCUT2D eigenvalue weighted by Crippen LogP contribution is 2.22. The fraction of sp³-hybridized carbons (Fsp3) is 0.143. The highest BCUT2D eigenvalue weighted by Gasteiger charge is 2.11. The molecule has 0 amide bonds. The molecule has 7 heteroatoms. The van der Waals surface area contributed by atoms with Crippen LogP contribution in [-0.2, 0) is 11.3 Å². The standard InChI is InChI=1S/C7H8N2O4S/c1-5-2-3-6(8-14(12)13)4-7(5)9(10)11/h2-4,8H,1H3,(H,12,13). The number of hydrogen-bond acceptors (Lipinski definition) is 3. The van der Waals surface area contributed by atoms with E-state index in [9.17, 15) is 14.3 Å². The second kappa shape index (κ2) is 4.16. The van der Waals surface area contributed by atoms with E-state index in [2.05, 4.69) is 4.72 Å². The maximum absolute atomic E-state index is 10.5. The minimum Gasteiger partial charge on any atom is -0.289 e. The Morgan fingerprint density at radius 3 is 2.71 bits per heavy atom. The summed E-state index contributed by atoms with van der Waals surface area (Å²) in [4.78, 5) is 9.96. The van der Waals surface area contributed by atoms with E-state index in [1.807, 2.05) is 0 Å². The van der Waals surface area contributed by atoms with Crippen molar-refractivity contribution >= 4 is 22.6 Å². The second-order valence-corrected chi connectivity index (χ2v) is 3.31. The molecule has 6 nitrogen and oxygen atoms in total. The number of rotatable bonds is 3. The Morgan fingerprint density at radius 2 is 2.21 bits per heavy atom. The Morgan fingerprint density at radius 1 is 1.57 bits per heavy atom. The first kappa shape index (κ1) is 10.6. The van der Waals surface area contributed by atoms with Gasteiger partial charge in [0.2, 0.25) is 0 Å². The number of nitro benzene ring substituents is 1. The van der Waals surface area contributed by atoms with Gasteiger partial charge in [-0.3, -0.25) is 19.4 Å². The number of nitrogens with one attached hydrogen (secondary N) is 1. The number of aryl methyl sites for hydroxylation is 1. The van der Waals surface area contributed by atoms with Gasteiger partial charge in [-0.05, 0) is 13.0 Å².